The molecule has 0 spiro atoms. The summed E-state index contributed by atoms with van der Waals surface area (Å²) in [7, 11) is -36.6. The number of phosphoric ester groups is 6. The third-order valence-electron chi connectivity index (χ3n) is 2.80. The molecule has 0 aromatic heterocycles. The van der Waals surface area contributed by atoms with E-state index in [0.717, 1.165) is 0 Å². The van der Waals surface area contributed by atoms with Crippen molar-refractivity contribution in [3.63, 3.8) is 0 Å². The van der Waals surface area contributed by atoms with Gasteiger partial charge < -0.3 is 37.7 Å². The van der Waals surface area contributed by atoms with E-state index in [0.29, 0.717) is 0 Å². The van der Waals surface area contributed by atoms with Gasteiger partial charge in [-0.1, -0.05) is 0 Å². The van der Waals surface area contributed by atoms with Gasteiger partial charge in [-0.2, -0.15) is 0 Å². The van der Waals surface area contributed by atoms with Gasteiger partial charge in [0.25, 0.3) is 0 Å². The zero-order valence-corrected chi connectivity index (χ0v) is 21.5. The van der Waals surface area contributed by atoms with E-state index >= 15 is 0 Å². The van der Waals surface area contributed by atoms with Gasteiger partial charge in [-0.15, -0.1) is 0 Å². The van der Waals surface area contributed by atoms with Gasteiger partial charge in [-0.25, -0.2) is 27.4 Å². The Kier molecular flexibility index (Phi) is 10.2. The van der Waals surface area contributed by atoms with Crippen LogP contribution in [0.25, 0.3) is 0 Å². The SMILES string of the molecule is O=P(O)(O)OC1=C(OP(=O)(O)O)[C@@H](OP(=O)(O)O)[C@H](OP(=O)(O)O)C(OP(=O)(O)O)=C1OP(=O)(O)O. The molecule has 2 atom stereocenters. The lowest BCUT2D eigenvalue weighted by Gasteiger charge is -2.35. The van der Waals surface area contributed by atoms with E-state index < -0.39 is 82.2 Å². The summed E-state index contributed by atoms with van der Waals surface area (Å²) in [5, 5.41) is 0. The molecule has 0 aliphatic heterocycles. The first-order valence-electron chi connectivity index (χ1n) is 7.54. The Morgan fingerprint density at radius 1 is 0.389 bits per heavy atom. The lowest BCUT2D eigenvalue weighted by molar-refractivity contribution is -0.00261. The maximum atomic E-state index is 11.4. The van der Waals surface area contributed by atoms with Crippen LogP contribution in [0.1, 0.15) is 0 Å². The van der Waals surface area contributed by atoms with Crippen molar-refractivity contribution in [2.24, 2.45) is 0 Å². The molecule has 24 nitrogen and oxygen atoms in total. The van der Waals surface area contributed by atoms with Crippen LogP contribution in [-0.4, -0.2) is 70.9 Å². The van der Waals surface area contributed by atoms with E-state index in [4.69, 9.17) is 58.7 Å². The van der Waals surface area contributed by atoms with Gasteiger partial charge in [-0.3, -0.25) is 48.2 Å². The highest BCUT2D eigenvalue weighted by atomic mass is 31.2. The fraction of sp³-hybridized carbons (Fsp3) is 0.333. The summed E-state index contributed by atoms with van der Waals surface area (Å²) in [6.07, 6.45) is -6.64. The minimum absolute atomic E-state index is 2.14. The van der Waals surface area contributed by atoms with Crippen LogP contribution in [0.2, 0.25) is 0 Å². The summed E-state index contributed by atoms with van der Waals surface area (Å²) in [5.74, 6) is -8.70. The summed E-state index contributed by atoms with van der Waals surface area (Å²) in [5.41, 5.74) is 0. The van der Waals surface area contributed by atoms with Gasteiger partial charge in [0, 0.05) is 0 Å². The molecule has 1 aliphatic rings. The first kappa shape index (κ1) is 33.5. The molecule has 0 radical (unpaired) electrons. The molecule has 0 heterocycles. The molecule has 0 aromatic carbocycles. The molecule has 0 fully saturated rings. The molecule has 0 saturated heterocycles. The van der Waals surface area contributed by atoms with E-state index in [9.17, 15) is 27.4 Å². The van der Waals surface area contributed by atoms with Crippen molar-refractivity contribution >= 4 is 46.9 Å². The van der Waals surface area contributed by atoms with Crippen LogP contribution in [-0.2, 0) is 54.5 Å². The number of hydrogen-bond donors (Lipinski definition) is 12. The van der Waals surface area contributed by atoms with Crippen molar-refractivity contribution in [1.29, 1.82) is 0 Å². The minimum atomic E-state index is -6.11. The molecule has 0 aromatic rings. The molecule has 0 amide bonds. The summed E-state index contributed by atoms with van der Waals surface area (Å²) in [6, 6.07) is 0. The largest absolute Gasteiger partial charge is 0.525 e. The van der Waals surface area contributed by atoms with Gasteiger partial charge in [0.05, 0.1) is 0 Å². The third-order valence-corrected chi connectivity index (χ3v) is 5.52. The molecule has 30 heteroatoms. The molecule has 12 N–H and O–H groups in total. The van der Waals surface area contributed by atoms with E-state index in [1.807, 2.05) is 0 Å². The average Bonchev–Trinajstić information content (AvgIpc) is 2.51. The average molecular weight is 656 g/mol. The summed E-state index contributed by atoms with van der Waals surface area (Å²) >= 11 is 0. The maximum absolute atomic E-state index is 11.4. The third kappa shape index (κ3) is 12.4. The van der Waals surface area contributed by atoms with Crippen LogP contribution in [0.5, 0.6) is 0 Å². The van der Waals surface area contributed by atoms with E-state index in [1.54, 1.807) is 0 Å². The normalized spacial score (nSPS) is 20.9. The van der Waals surface area contributed by atoms with Gasteiger partial charge >= 0.3 is 46.9 Å². The molecule has 0 unspecified atom stereocenters. The summed E-state index contributed by atoms with van der Waals surface area (Å²) in [6.45, 7) is 0. The lowest BCUT2D eigenvalue weighted by atomic mass is 10.0. The lowest BCUT2D eigenvalue weighted by Crippen LogP contribution is -2.40. The predicted octanol–water partition coefficient (Wildman–Crippen LogP) is -2.18. The van der Waals surface area contributed by atoms with Crippen LogP contribution in [0.4, 0.5) is 0 Å². The maximum Gasteiger partial charge on any atom is 0.525 e. The van der Waals surface area contributed by atoms with Crippen molar-refractivity contribution in [1.82, 2.24) is 0 Å². The highest BCUT2D eigenvalue weighted by molar-refractivity contribution is 7.48. The zero-order valence-electron chi connectivity index (χ0n) is 16.1. The van der Waals surface area contributed by atoms with Gasteiger partial charge in [0.15, 0.2) is 23.7 Å². The van der Waals surface area contributed by atoms with Crippen molar-refractivity contribution in [2.45, 2.75) is 12.2 Å². The molecule has 1 rings (SSSR count). The molecule has 212 valence electrons. The van der Waals surface area contributed by atoms with Crippen molar-refractivity contribution in [3.8, 4) is 0 Å². The second-order valence-electron chi connectivity index (χ2n) is 5.75. The van der Waals surface area contributed by atoms with Crippen molar-refractivity contribution < 1.29 is 113 Å². The Bertz CT molecular complexity index is 1100. The van der Waals surface area contributed by atoms with Gasteiger partial charge in [0.1, 0.15) is 0 Å². The Morgan fingerprint density at radius 3 is 0.778 bits per heavy atom. The molecule has 36 heavy (non-hydrogen) atoms. The minimum Gasteiger partial charge on any atom is -0.402 e. The topological polar surface area (TPSA) is 401 Å². The van der Waals surface area contributed by atoms with Gasteiger partial charge in [0.2, 0.25) is 11.5 Å². The molecule has 0 saturated carbocycles. The highest BCUT2D eigenvalue weighted by Gasteiger charge is 2.54. The van der Waals surface area contributed by atoms with E-state index in [2.05, 4.69) is 27.1 Å². The Morgan fingerprint density at radius 2 is 0.611 bits per heavy atom. The Balaban J connectivity index is 4.32. The fourth-order valence-corrected chi connectivity index (χ4v) is 4.82. The number of hydrogen-bond acceptors (Lipinski definition) is 12. The summed E-state index contributed by atoms with van der Waals surface area (Å²) < 4.78 is 92.0. The number of rotatable bonds is 12. The monoisotopic (exact) mass is 656 g/mol. The number of phosphoric acid groups is 6. The first-order valence-corrected chi connectivity index (χ1v) is 16.7. The van der Waals surface area contributed by atoms with Crippen LogP contribution >= 0.6 is 46.9 Å². The van der Waals surface area contributed by atoms with Crippen LogP contribution in [0.15, 0.2) is 23.0 Å². The predicted molar refractivity (Wildman–Crippen MR) is 100 cm³/mol. The smallest absolute Gasteiger partial charge is 0.402 e. The van der Waals surface area contributed by atoms with E-state index in [1.165, 1.54) is 0 Å². The van der Waals surface area contributed by atoms with Crippen molar-refractivity contribution in [3.05, 3.63) is 23.0 Å². The van der Waals surface area contributed by atoms with Crippen LogP contribution in [0.3, 0.4) is 0 Å². The molecular formula is C6H14O24P6. The van der Waals surface area contributed by atoms with Crippen LogP contribution < -0.4 is 0 Å². The second-order valence-corrected chi connectivity index (χ2v) is 12.8. The molecular weight excluding hydrogens is 642 g/mol. The Hall–Kier alpha value is -0.500. The Labute approximate surface area is 196 Å². The standard InChI is InChI=1S/C6H14O24P6/c7-31(8,9)25-1-2(26-32(10,11)12)4(28-34(16,17)18)6(30-36(22,23)24)5(29-35(19,20)21)3(1)27-33(13,14)15/h1-2H,(H2,7,8,9)(H2,10,11,12)(H2,13,14,15)(H2,16,17,18)(H2,19,20,21)(H2,22,23,24)/t1-,2-/m0/s1. The van der Waals surface area contributed by atoms with Gasteiger partial charge in [-0.05, 0) is 0 Å². The van der Waals surface area contributed by atoms with Crippen molar-refractivity contribution in [2.75, 3.05) is 0 Å². The second kappa shape index (κ2) is 10.9. The fourth-order valence-electron chi connectivity index (χ4n) is 2.11. The van der Waals surface area contributed by atoms with E-state index in [-0.39, 0.29) is 0 Å². The summed E-state index contributed by atoms with van der Waals surface area (Å²) in [4.78, 5) is 109. The zero-order chi connectivity index (χ0) is 28.7. The highest BCUT2D eigenvalue weighted by Crippen LogP contribution is 2.58. The van der Waals surface area contributed by atoms with Crippen LogP contribution in [0, 0.1) is 0 Å². The first-order chi connectivity index (χ1) is 15.6. The quantitative estimate of drug-likeness (QED) is 0.0993. The molecule has 1 aliphatic carbocycles. The molecule has 0 bridgehead atoms.